The number of nitrogens with zero attached hydrogens (tertiary/aromatic N) is 4. The maximum atomic E-state index is 5.21. The highest BCUT2D eigenvalue weighted by molar-refractivity contribution is 7.16. The van der Waals surface area contributed by atoms with Crippen molar-refractivity contribution >= 4 is 16.3 Å². The molecule has 0 aliphatic heterocycles. The highest BCUT2D eigenvalue weighted by Gasteiger charge is 2.19. The van der Waals surface area contributed by atoms with E-state index in [9.17, 15) is 0 Å². The number of aromatic nitrogens is 4. The van der Waals surface area contributed by atoms with Crippen LogP contribution in [0.4, 0.5) is 0 Å². The molecule has 26 heavy (non-hydrogen) atoms. The minimum absolute atomic E-state index is 0.289. The Labute approximate surface area is 156 Å². The molecule has 0 saturated heterocycles. The predicted octanol–water partition coefficient (Wildman–Crippen LogP) is 4.33. The molecule has 6 heteroatoms. The molecule has 0 radical (unpaired) electrons. The van der Waals surface area contributed by atoms with Gasteiger partial charge in [-0.1, -0.05) is 60.7 Å². The van der Waals surface area contributed by atoms with E-state index >= 15 is 0 Å². The Morgan fingerprint density at radius 3 is 2.50 bits per heavy atom. The van der Waals surface area contributed by atoms with Crippen LogP contribution in [0.3, 0.4) is 0 Å². The molecule has 2 aromatic heterocycles. The van der Waals surface area contributed by atoms with Gasteiger partial charge in [-0.05, 0) is 29.7 Å². The Hall–Kier alpha value is -2.73. The summed E-state index contributed by atoms with van der Waals surface area (Å²) >= 11 is 1.62. The molecule has 0 spiro atoms. The second kappa shape index (κ2) is 7.25. The van der Waals surface area contributed by atoms with Crippen LogP contribution in [0, 0.1) is 0 Å². The van der Waals surface area contributed by atoms with E-state index in [0.717, 1.165) is 33.5 Å². The molecule has 0 saturated carbocycles. The van der Waals surface area contributed by atoms with Crippen molar-refractivity contribution in [3.05, 3.63) is 76.6 Å². The van der Waals surface area contributed by atoms with Gasteiger partial charge in [0.25, 0.3) is 0 Å². The van der Waals surface area contributed by atoms with E-state index in [1.807, 2.05) is 34.8 Å². The zero-order valence-electron chi connectivity index (χ0n) is 14.8. The van der Waals surface area contributed by atoms with Crippen LogP contribution in [0.2, 0.25) is 0 Å². The molecule has 132 valence electrons. The number of hydrogen-bond acceptors (Lipinski definition) is 5. The lowest BCUT2D eigenvalue weighted by molar-refractivity contribution is 0.414. The number of hydrogen-bond donors (Lipinski definition) is 0. The first-order valence-corrected chi connectivity index (χ1v) is 9.49. The minimum Gasteiger partial charge on any atom is -0.497 e. The molecule has 4 aromatic rings. The van der Waals surface area contributed by atoms with Gasteiger partial charge in [0, 0.05) is 12.3 Å². The first-order chi connectivity index (χ1) is 12.8. The van der Waals surface area contributed by atoms with E-state index in [0.29, 0.717) is 6.42 Å². The van der Waals surface area contributed by atoms with Crippen LogP contribution in [0.1, 0.15) is 41.2 Å². The average molecular weight is 364 g/mol. The maximum Gasteiger partial charge on any atom is 0.234 e. The van der Waals surface area contributed by atoms with Crippen LogP contribution in [0.15, 0.2) is 54.6 Å². The molecule has 0 N–H and O–H groups in total. The molecule has 0 fully saturated rings. The summed E-state index contributed by atoms with van der Waals surface area (Å²) in [6, 6.07) is 18.5. The zero-order chi connectivity index (χ0) is 17.9. The van der Waals surface area contributed by atoms with Crippen molar-refractivity contribution in [3.8, 4) is 5.75 Å². The van der Waals surface area contributed by atoms with Crippen molar-refractivity contribution in [1.29, 1.82) is 0 Å². The van der Waals surface area contributed by atoms with Gasteiger partial charge in [-0.3, -0.25) is 0 Å². The van der Waals surface area contributed by atoms with Gasteiger partial charge in [-0.15, -0.1) is 10.2 Å². The molecule has 0 aliphatic rings. The number of ether oxygens (including phenoxy) is 1. The summed E-state index contributed by atoms with van der Waals surface area (Å²) in [7, 11) is 1.67. The molecule has 1 atom stereocenters. The van der Waals surface area contributed by atoms with Crippen molar-refractivity contribution in [2.24, 2.45) is 0 Å². The summed E-state index contributed by atoms with van der Waals surface area (Å²) in [5, 5.41) is 14.6. The van der Waals surface area contributed by atoms with Crippen LogP contribution in [-0.2, 0) is 6.42 Å². The van der Waals surface area contributed by atoms with Crippen molar-refractivity contribution in [2.45, 2.75) is 25.7 Å². The third-order valence-electron chi connectivity index (χ3n) is 4.50. The van der Waals surface area contributed by atoms with Crippen molar-refractivity contribution in [1.82, 2.24) is 19.8 Å². The fraction of sp³-hybridized carbons (Fsp3) is 0.250. The van der Waals surface area contributed by atoms with E-state index in [-0.39, 0.29) is 5.92 Å². The second-order valence-corrected chi connectivity index (χ2v) is 7.13. The normalized spacial score (nSPS) is 12.4. The fourth-order valence-corrected chi connectivity index (χ4v) is 4.16. The quantitative estimate of drug-likeness (QED) is 0.511. The van der Waals surface area contributed by atoms with Gasteiger partial charge in [-0.2, -0.15) is 9.61 Å². The summed E-state index contributed by atoms with van der Waals surface area (Å²) in [6.45, 7) is 2.19. The lowest BCUT2D eigenvalue weighted by atomic mass is 9.97. The number of fused-ring (bicyclic) bond motifs is 1. The van der Waals surface area contributed by atoms with E-state index in [1.54, 1.807) is 18.4 Å². The molecule has 4 rings (SSSR count). The van der Waals surface area contributed by atoms with Crippen molar-refractivity contribution in [2.75, 3.05) is 7.11 Å². The molecule has 5 nitrogen and oxygen atoms in total. The largest absolute Gasteiger partial charge is 0.497 e. The summed E-state index contributed by atoms with van der Waals surface area (Å²) in [5.74, 6) is 2.00. The van der Waals surface area contributed by atoms with Gasteiger partial charge < -0.3 is 4.74 Å². The minimum atomic E-state index is 0.289. The number of benzene rings is 2. The molecule has 0 amide bonds. The molecular weight excluding hydrogens is 344 g/mol. The van der Waals surface area contributed by atoms with Gasteiger partial charge in [0.05, 0.1) is 7.11 Å². The third-order valence-corrected chi connectivity index (χ3v) is 5.51. The summed E-state index contributed by atoms with van der Waals surface area (Å²) < 4.78 is 7.10. The van der Waals surface area contributed by atoms with Crippen LogP contribution in [0.25, 0.3) is 4.96 Å². The van der Waals surface area contributed by atoms with Crippen LogP contribution in [-0.4, -0.2) is 26.9 Å². The Kier molecular flexibility index (Phi) is 4.67. The summed E-state index contributed by atoms with van der Waals surface area (Å²) in [6.07, 6.45) is 1.69. The van der Waals surface area contributed by atoms with E-state index < -0.39 is 0 Å². The first-order valence-electron chi connectivity index (χ1n) is 8.67. The lowest BCUT2D eigenvalue weighted by Gasteiger charge is -2.11. The topological polar surface area (TPSA) is 52.3 Å². The highest BCUT2D eigenvalue weighted by Crippen LogP contribution is 2.31. The average Bonchev–Trinajstić information content (AvgIpc) is 3.26. The smallest absolute Gasteiger partial charge is 0.234 e. The molecular formula is C20H20N4OS. The Bertz CT molecular complexity index is 992. The van der Waals surface area contributed by atoms with Gasteiger partial charge in [0.15, 0.2) is 5.82 Å². The number of methoxy groups -OCH3 is 1. The van der Waals surface area contributed by atoms with Gasteiger partial charge in [-0.25, -0.2) is 0 Å². The van der Waals surface area contributed by atoms with Crippen molar-refractivity contribution in [3.63, 3.8) is 0 Å². The van der Waals surface area contributed by atoms with Crippen molar-refractivity contribution < 1.29 is 4.74 Å². The van der Waals surface area contributed by atoms with Crippen LogP contribution < -0.4 is 4.74 Å². The molecule has 2 aromatic carbocycles. The molecule has 0 bridgehead atoms. The van der Waals surface area contributed by atoms with Gasteiger partial charge in [0.1, 0.15) is 10.8 Å². The summed E-state index contributed by atoms with van der Waals surface area (Å²) in [4.78, 5) is 0.845. The van der Waals surface area contributed by atoms with Crippen LogP contribution in [0.5, 0.6) is 5.75 Å². The monoisotopic (exact) mass is 364 g/mol. The van der Waals surface area contributed by atoms with Gasteiger partial charge in [0.2, 0.25) is 4.96 Å². The van der Waals surface area contributed by atoms with Gasteiger partial charge >= 0.3 is 0 Å². The predicted molar refractivity (Wildman–Crippen MR) is 103 cm³/mol. The Morgan fingerprint density at radius 1 is 1.04 bits per heavy atom. The lowest BCUT2D eigenvalue weighted by Crippen LogP contribution is -2.02. The second-order valence-electron chi connectivity index (χ2n) is 6.15. The SMILES string of the molecule is CC[C@@H](c1ccccc1)c1nn2c(Cc3ccc(OC)cc3)nnc2s1. The van der Waals surface area contributed by atoms with E-state index in [2.05, 4.69) is 41.4 Å². The first kappa shape index (κ1) is 16.7. The fourth-order valence-electron chi connectivity index (χ4n) is 3.09. The Balaban J connectivity index is 1.64. The van der Waals surface area contributed by atoms with E-state index in [1.165, 1.54) is 5.56 Å². The zero-order valence-corrected chi connectivity index (χ0v) is 15.6. The number of rotatable bonds is 6. The van der Waals surface area contributed by atoms with Crippen LogP contribution >= 0.6 is 11.3 Å². The Morgan fingerprint density at radius 2 is 1.81 bits per heavy atom. The standard InChI is InChI=1S/C20H20N4OS/c1-3-17(15-7-5-4-6-8-15)19-23-24-18(21-22-20(24)26-19)13-14-9-11-16(25-2)12-10-14/h4-12,17H,3,13H2,1-2H3/t17-/m0/s1. The molecule has 0 aliphatic carbocycles. The summed E-state index contributed by atoms with van der Waals surface area (Å²) in [5.41, 5.74) is 2.45. The maximum absolute atomic E-state index is 5.21. The highest BCUT2D eigenvalue weighted by atomic mass is 32.1. The van der Waals surface area contributed by atoms with E-state index in [4.69, 9.17) is 9.84 Å². The molecule has 2 heterocycles. The third kappa shape index (κ3) is 3.20. The molecule has 0 unspecified atom stereocenters.